The predicted octanol–water partition coefficient (Wildman–Crippen LogP) is 7.20. The van der Waals surface area contributed by atoms with E-state index >= 15 is 0 Å². The molecule has 0 heterocycles. The van der Waals surface area contributed by atoms with Crippen LogP contribution in [0.2, 0.25) is 10.0 Å². The summed E-state index contributed by atoms with van der Waals surface area (Å²) in [6.45, 7) is 4.46. The summed E-state index contributed by atoms with van der Waals surface area (Å²) in [5.74, 6) is 0.875. The van der Waals surface area contributed by atoms with Crippen molar-refractivity contribution in [3.8, 4) is 11.5 Å². The average molecular weight is 551 g/mol. The number of carbonyl (C=O) groups excluding carboxylic acids is 1. The van der Waals surface area contributed by atoms with Gasteiger partial charge >= 0.3 is 6.03 Å². The van der Waals surface area contributed by atoms with Crippen molar-refractivity contribution in [2.24, 2.45) is 5.10 Å². The smallest absolute Gasteiger partial charge is 0.339 e. The van der Waals surface area contributed by atoms with Gasteiger partial charge in [-0.05, 0) is 61.4 Å². The molecule has 0 saturated heterocycles. The molecule has 0 fully saturated rings. The van der Waals surface area contributed by atoms with Crippen LogP contribution in [0.25, 0.3) is 0 Å². The highest BCUT2D eigenvalue weighted by molar-refractivity contribution is 9.10. The molecule has 33 heavy (non-hydrogen) atoms. The van der Waals surface area contributed by atoms with E-state index in [0.717, 1.165) is 15.6 Å². The highest BCUT2D eigenvalue weighted by Crippen LogP contribution is 2.37. The Morgan fingerprint density at radius 2 is 1.88 bits per heavy atom. The van der Waals surface area contributed by atoms with Gasteiger partial charge in [-0.15, -0.1) is 0 Å². The quantitative estimate of drug-likeness (QED) is 0.230. The van der Waals surface area contributed by atoms with Gasteiger partial charge in [-0.25, -0.2) is 10.2 Å². The van der Waals surface area contributed by atoms with E-state index in [2.05, 4.69) is 31.8 Å². The minimum atomic E-state index is -0.469. The van der Waals surface area contributed by atoms with Gasteiger partial charge in [0.2, 0.25) is 0 Å². The largest absolute Gasteiger partial charge is 0.490 e. The number of halogens is 3. The first-order valence-electron chi connectivity index (χ1n) is 10.1. The number of aryl methyl sites for hydroxylation is 1. The molecule has 172 valence electrons. The Kier molecular flexibility index (Phi) is 9.00. The number of hydrazone groups is 1. The molecule has 0 aliphatic rings. The maximum absolute atomic E-state index is 12.1. The van der Waals surface area contributed by atoms with Crippen LogP contribution in [0.3, 0.4) is 0 Å². The number of ether oxygens (including phenoxy) is 2. The van der Waals surface area contributed by atoms with Crippen LogP contribution in [0.15, 0.2) is 64.2 Å². The zero-order chi connectivity index (χ0) is 23.8. The first-order chi connectivity index (χ1) is 15.9. The van der Waals surface area contributed by atoms with Crippen LogP contribution in [0, 0.1) is 6.92 Å². The number of anilines is 1. The highest BCUT2D eigenvalue weighted by Gasteiger charge is 2.13. The number of nitrogens with zero attached hydrogens (tertiary/aromatic N) is 1. The Morgan fingerprint density at radius 3 is 2.61 bits per heavy atom. The SMILES string of the molecule is CCOc1cc(/C=N/NC(=O)Nc2ccc(Br)c(C)c2)cc(Cl)c1OCc1ccccc1Cl. The fourth-order valence-electron chi connectivity index (χ4n) is 2.88. The highest BCUT2D eigenvalue weighted by atomic mass is 79.9. The van der Waals surface area contributed by atoms with Crippen LogP contribution in [0.4, 0.5) is 10.5 Å². The first kappa shape index (κ1) is 24.9. The van der Waals surface area contributed by atoms with Gasteiger partial charge in [-0.1, -0.05) is 57.3 Å². The zero-order valence-corrected chi connectivity index (χ0v) is 21.1. The second-order valence-corrected chi connectivity index (χ2v) is 8.60. The van der Waals surface area contributed by atoms with Crippen LogP contribution < -0.4 is 20.2 Å². The summed E-state index contributed by atoms with van der Waals surface area (Å²) in [7, 11) is 0. The lowest BCUT2D eigenvalue weighted by Gasteiger charge is -2.15. The monoisotopic (exact) mass is 549 g/mol. The molecule has 0 bridgehead atoms. The summed E-state index contributed by atoms with van der Waals surface area (Å²) in [5, 5.41) is 7.67. The average Bonchev–Trinajstić information content (AvgIpc) is 2.77. The molecule has 2 amide bonds. The van der Waals surface area contributed by atoms with Gasteiger partial charge in [0.25, 0.3) is 0 Å². The van der Waals surface area contributed by atoms with E-state index in [0.29, 0.717) is 39.4 Å². The molecule has 0 aliphatic carbocycles. The molecule has 0 spiro atoms. The number of amides is 2. The van der Waals surface area contributed by atoms with Crippen molar-refractivity contribution in [1.29, 1.82) is 0 Å². The van der Waals surface area contributed by atoms with E-state index in [1.54, 1.807) is 24.3 Å². The van der Waals surface area contributed by atoms with Crippen molar-refractivity contribution in [3.63, 3.8) is 0 Å². The molecular weight excluding hydrogens is 529 g/mol. The molecular formula is C24H22BrCl2N3O3. The number of hydrogen-bond acceptors (Lipinski definition) is 4. The van der Waals surface area contributed by atoms with Crippen molar-refractivity contribution in [1.82, 2.24) is 5.43 Å². The predicted molar refractivity (Wildman–Crippen MR) is 137 cm³/mol. The summed E-state index contributed by atoms with van der Waals surface area (Å²) < 4.78 is 12.6. The number of benzene rings is 3. The van der Waals surface area contributed by atoms with Gasteiger partial charge in [0.05, 0.1) is 17.8 Å². The van der Waals surface area contributed by atoms with Crippen molar-refractivity contribution in [3.05, 3.63) is 85.8 Å². The molecule has 9 heteroatoms. The Balaban J connectivity index is 1.67. The lowest BCUT2D eigenvalue weighted by atomic mass is 10.2. The van der Waals surface area contributed by atoms with Crippen LogP contribution in [0.5, 0.6) is 11.5 Å². The number of carbonyl (C=O) groups is 1. The maximum atomic E-state index is 12.1. The second-order valence-electron chi connectivity index (χ2n) is 6.93. The zero-order valence-electron chi connectivity index (χ0n) is 18.0. The van der Waals surface area contributed by atoms with Crippen LogP contribution in [-0.4, -0.2) is 18.9 Å². The van der Waals surface area contributed by atoms with Crippen molar-refractivity contribution in [2.75, 3.05) is 11.9 Å². The summed E-state index contributed by atoms with van der Waals surface area (Å²) in [4.78, 5) is 12.1. The Morgan fingerprint density at radius 1 is 1.09 bits per heavy atom. The Bertz CT molecular complexity index is 1170. The fraction of sp³-hybridized carbons (Fsp3) is 0.167. The van der Waals surface area contributed by atoms with Crippen LogP contribution >= 0.6 is 39.1 Å². The number of nitrogens with one attached hydrogen (secondary N) is 2. The molecule has 0 aliphatic heterocycles. The van der Waals surface area contributed by atoms with Crippen molar-refractivity contribution < 1.29 is 14.3 Å². The molecule has 0 unspecified atom stereocenters. The number of hydrogen-bond donors (Lipinski definition) is 2. The molecule has 0 radical (unpaired) electrons. The standard InChI is InChI=1S/C24H22BrCl2N3O3/c1-3-32-22-12-16(11-21(27)23(22)33-14-17-6-4-5-7-20(17)26)13-28-30-24(31)29-18-8-9-19(25)15(2)10-18/h4-13H,3,14H2,1-2H3,(H2,29,30,31)/b28-13+. The molecule has 0 saturated carbocycles. The lowest BCUT2D eigenvalue weighted by molar-refractivity contribution is 0.252. The molecule has 0 atom stereocenters. The third kappa shape index (κ3) is 7.12. The van der Waals surface area contributed by atoms with E-state index < -0.39 is 6.03 Å². The Hall–Kier alpha value is -2.74. The van der Waals surface area contributed by atoms with E-state index in [4.69, 9.17) is 32.7 Å². The minimum Gasteiger partial charge on any atom is -0.490 e. The minimum absolute atomic E-state index is 0.240. The van der Waals surface area contributed by atoms with Gasteiger partial charge in [-0.2, -0.15) is 5.10 Å². The second kappa shape index (κ2) is 11.9. The maximum Gasteiger partial charge on any atom is 0.339 e. The van der Waals surface area contributed by atoms with Gasteiger partial charge in [0.15, 0.2) is 11.5 Å². The van der Waals surface area contributed by atoms with Crippen molar-refractivity contribution in [2.45, 2.75) is 20.5 Å². The van der Waals surface area contributed by atoms with E-state index in [-0.39, 0.29) is 6.61 Å². The summed E-state index contributed by atoms with van der Waals surface area (Å²) >= 11 is 16.1. The summed E-state index contributed by atoms with van der Waals surface area (Å²) in [6.07, 6.45) is 1.47. The van der Waals surface area contributed by atoms with E-state index in [9.17, 15) is 4.79 Å². The Labute approximate surface area is 211 Å². The summed E-state index contributed by atoms with van der Waals surface area (Å²) in [5.41, 5.74) is 5.56. The first-order valence-corrected chi connectivity index (χ1v) is 11.6. The molecule has 2 N–H and O–H groups in total. The molecule has 0 aromatic heterocycles. The van der Waals surface area contributed by atoms with Crippen molar-refractivity contribution >= 4 is 57.1 Å². The van der Waals surface area contributed by atoms with Crippen LogP contribution in [0.1, 0.15) is 23.6 Å². The van der Waals surface area contributed by atoms with Gasteiger partial charge in [0, 0.05) is 20.7 Å². The normalized spacial score (nSPS) is 10.8. The van der Waals surface area contributed by atoms with Crippen LogP contribution in [-0.2, 0) is 6.61 Å². The topological polar surface area (TPSA) is 72.0 Å². The number of urea groups is 1. The van der Waals surface area contributed by atoms with Gasteiger partial charge in [-0.3, -0.25) is 0 Å². The molecule has 3 rings (SSSR count). The fourth-order valence-corrected chi connectivity index (χ4v) is 3.59. The number of rotatable bonds is 8. The van der Waals surface area contributed by atoms with E-state index in [1.165, 1.54) is 6.21 Å². The molecule has 6 nitrogen and oxygen atoms in total. The molecule has 3 aromatic carbocycles. The lowest BCUT2D eigenvalue weighted by Crippen LogP contribution is -2.24. The molecule has 3 aromatic rings. The van der Waals surface area contributed by atoms with Gasteiger partial charge in [0.1, 0.15) is 6.61 Å². The summed E-state index contributed by atoms with van der Waals surface area (Å²) in [6, 6.07) is 15.9. The third-order valence-corrected chi connectivity index (χ3v) is 6.00. The third-order valence-electron chi connectivity index (χ3n) is 4.46. The van der Waals surface area contributed by atoms with Gasteiger partial charge < -0.3 is 14.8 Å². The van der Waals surface area contributed by atoms with E-state index in [1.807, 2.05) is 44.2 Å².